The molecular weight excluding hydrogens is 348 g/mol. The van der Waals surface area contributed by atoms with Crippen molar-refractivity contribution >= 4 is 29.7 Å². The number of thiophene rings is 1. The molecule has 0 saturated carbocycles. The molecule has 128 valence electrons. The van der Waals surface area contributed by atoms with Crippen LogP contribution in [0.15, 0.2) is 30.3 Å². The molecule has 3 heterocycles. The van der Waals surface area contributed by atoms with Crippen LogP contribution in [-0.4, -0.2) is 38.3 Å². The molecule has 5 nitrogen and oxygen atoms in total. The first-order chi connectivity index (χ1) is 11.3. The van der Waals surface area contributed by atoms with Crippen molar-refractivity contribution in [3.63, 3.8) is 0 Å². The predicted molar refractivity (Wildman–Crippen MR) is 96.7 cm³/mol. The molecule has 2 aromatic rings. The highest BCUT2D eigenvalue weighted by Crippen LogP contribution is 2.36. The number of ether oxygens (including phenoxy) is 2. The summed E-state index contributed by atoms with van der Waals surface area (Å²) in [6, 6.07) is 10.0. The molecule has 1 aromatic heterocycles. The SMILES string of the molecule is Cl.O=C(NC1CCNC1)c1ccc(-c2ccc3c(c2)OCCO3)s1. The summed E-state index contributed by atoms with van der Waals surface area (Å²) < 4.78 is 11.2. The van der Waals surface area contributed by atoms with Crippen LogP contribution in [0.1, 0.15) is 16.1 Å². The first-order valence-corrected chi connectivity index (χ1v) is 8.63. The fourth-order valence-electron chi connectivity index (χ4n) is 2.85. The Hall–Kier alpha value is -1.76. The summed E-state index contributed by atoms with van der Waals surface area (Å²) in [7, 11) is 0. The molecule has 1 saturated heterocycles. The Bertz CT molecular complexity index is 728. The zero-order chi connectivity index (χ0) is 15.6. The predicted octanol–water partition coefficient (Wildman–Crippen LogP) is 2.70. The lowest BCUT2D eigenvalue weighted by Crippen LogP contribution is -2.35. The Morgan fingerprint density at radius 3 is 2.79 bits per heavy atom. The molecule has 1 amide bonds. The van der Waals surface area contributed by atoms with E-state index in [1.165, 1.54) is 11.3 Å². The van der Waals surface area contributed by atoms with E-state index in [4.69, 9.17) is 9.47 Å². The molecule has 2 N–H and O–H groups in total. The molecule has 0 radical (unpaired) electrons. The first kappa shape index (κ1) is 17.1. The summed E-state index contributed by atoms with van der Waals surface area (Å²) in [5, 5.41) is 6.33. The van der Waals surface area contributed by atoms with Crippen LogP contribution in [-0.2, 0) is 0 Å². The number of nitrogens with one attached hydrogen (secondary N) is 2. The monoisotopic (exact) mass is 366 g/mol. The van der Waals surface area contributed by atoms with Crippen LogP contribution < -0.4 is 20.1 Å². The third-order valence-corrected chi connectivity index (χ3v) is 5.19. The molecular formula is C17H19ClN2O3S. The van der Waals surface area contributed by atoms with Gasteiger partial charge in [-0.1, -0.05) is 0 Å². The van der Waals surface area contributed by atoms with E-state index in [1.807, 2.05) is 30.3 Å². The molecule has 1 unspecified atom stereocenters. The van der Waals surface area contributed by atoms with Crippen molar-refractivity contribution in [3.05, 3.63) is 35.2 Å². The van der Waals surface area contributed by atoms with Crippen molar-refractivity contribution in [2.75, 3.05) is 26.3 Å². The lowest BCUT2D eigenvalue weighted by atomic mass is 10.1. The Balaban J connectivity index is 0.00000169. The van der Waals surface area contributed by atoms with E-state index in [2.05, 4.69) is 10.6 Å². The van der Waals surface area contributed by atoms with Crippen LogP contribution in [0.2, 0.25) is 0 Å². The minimum absolute atomic E-state index is 0. The Kier molecular flexibility index (Phi) is 5.28. The number of carbonyl (C=O) groups excluding carboxylic acids is 1. The van der Waals surface area contributed by atoms with E-state index in [0.717, 1.165) is 46.3 Å². The van der Waals surface area contributed by atoms with Crippen LogP contribution in [0.25, 0.3) is 10.4 Å². The van der Waals surface area contributed by atoms with Gasteiger partial charge in [-0.3, -0.25) is 4.79 Å². The van der Waals surface area contributed by atoms with Gasteiger partial charge < -0.3 is 20.1 Å². The molecule has 2 aliphatic rings. The van der Waals surface area contributed by atoms with Crippen LogP contribution in [0.4, 0.5) is 0 Å². The molecule has 7 heteroatoms. The second-order valence-electron chi connectivity index (χ2n) is 5.69. The Labute approximate surface area is 150 Å². The van der Waals surface area contributed by atoms with Crippen LogP contribution in [0.3, 0.4) is 0 Å². The zero-order valence-corrected chi connectivity index (χ0v) is 14.7. The minimum Gasteiger partial charge on any atom is -0.486 e. The standard InChI is InChI=1S/C17H18N2O3S.ClH/c20-17(19-12-5-6-18-10-12)16-4-3-15(23-16)11-1-2-13-14(9-11)22-8-7-21-13;/h1-4,9,12,18H,5-8,10H2,(H,19,20);1H. The number of benzene rings is 1. The fourth-order valence-corrected chi connectivity index (χ4v) is 3.75. The smallest absolute Gasteiger partial charge is 0.261 e. The number of amides is 1. The second-order valence-corrected chi connectivity index (χ2v) is 6.77. The number of hydrogen-bond acceptors (Lipinski definition) is 5. The summed E-state index contributed by atoms with van der Waals surface area (Å²) in [6.07, 6.45) is 0.992. The number of carbonyl (C=O) groups is 1. The summed E-state index contributed by atoms with van der Waals surface area (Å²) in [4.78, 5) is 14.1. The van der Waals surface area contributed by atoms with Crippen molar-refractivity contribution in [2.45, 2.75) is 12.5 Å². The van der Waals surface area contributed by atoms with E-state index in [1.54, 1.807) is 0 Å². The second kappa shape index (κ2) is 7.42. The molecule has 1 atom stereocenters. The maximum absolute atomic E-state index is 12.3. The highest BCUT2D eigenvalue weighted by atomic mass is 35.5. The van der Waals surface area contributed by atoms with Crippen molar-refractivity contribution in [1.29, 1.82) is 0 Å². The van der Waals surface area contributed by atoms with E-state index in [9.17, 15) is 4.79 Å². The van der Waals surface area contributed by atoms with E-state index < -0.39 is 0 Å². The van der Waals surface area contributed by atoms with Gasteiger partial charge in [0.1, 0.15) is 13.2 Å². The van der Waals surface area contributed by atoms with Gasteiger partial charge in [0.25, 0.3) is 5.91 Å². The number of rotatable bonds is 3. The topological polar surface area (TPSA) is 59.6 Å². The van der Waals surface area contributed by atoms with E-state index in [-0.39, 0.29) is 24.4 Å². The molecule has 1 aromatic carbocycles. The normalized spacial score (nSPS) is 18.8. The zero-order valence-electron chi connectivity index (χ0n) is 13.0. The van der Waals surface area contributed by atoms with E-state index in [0.29, 0.717) is 13.2 Å². The highest BCUT2D eigenvalue weighted by Gasteiger charge is 2.19. The average molecular weight is 367 g/mol. The minimum atomic E-state index is 0. The Morgan fingerprint density at radius 1 is 1.17 bits per heavy atom. The van der Waals surface area contributed by atoms with Gasteiger partial charge in [0.2, 0.25) is 0 Å². The first-order valence-electron chi connectivity index (χ1n) is 7.81. The fraction of sp³-hybridized carbons (Fsp3) is 0.353. The number of fused-ring (bicyclic) bond motifs is 1. The molecule has 0 spiro atoms. The molecule has 24 heavy (non-hydrogen) atoms. The van der Waals surface area contributed by atoms with Gasteiger partial charge in [0.05, 0.1) is 4.88 Å². The molecule has 0 bridgehead atoms. The van der Waals surface area contributed by atoms with Crippen molar-refractivity contribution < 1.29 is 14.3 Å². The van der Waals surface area contributed by atoms with Gasteiger partial charge in [-0.15, -0.1) is 23.7 Å². The van der Waals surface area contributed by atoms with Gasteiger partial charge in [0.15, 0.2) is 11.5 Å². The van der Waals surface area contributed by atoms with Crippen LogP contribution >= 0.6 is 23.7 Å². The quantitative estimate of drug-likeness (QED) is 0.876. The average Bonchev–Trinajstić information content (AvgIpc) is 3.26. The van der Waals surface area contributed by atoms with Crippen molar-refractivity contribution in [1.82, 2.24) is 10.6 Å². The van der Waals surface area contributed by atoms with Gasteiger partial charge >= 0.3 is 0 Å². The molecule has 0 aliphatic carbocycles. The maximum atomic E-state index is 12.3. The van der Waals surface area contributed by atoms with Gasteiger partial charge in [-0.2, -0.15) is 0 Å². The van der Waals surface area contributed by atoms with Crippen molar-refractivity contribution in [2.24, 2.45) is 0 Å². The third-order valence-electron chi connectivity index (χ3n) is 4.05. The summed E-state index contributed by atoms with van der Waals surface area (Å²) in [5.74, 6) is 1.56. The van der Waals surface area contributed by atoms with Crippen molar-refractivity contribution in [3.8, 4) is 21.9 Å². The summed E-state index contributed by atoms with van der Waals surface area (Å²) in [5.41, 5.74) is 1.04. The largest absolute Gasteiger partial charge is 0.486 e. The molecule has 4 rings (SSSR count). The van der Waals surface area contributed by atoms with Crippen LogP contribution in [0.5, 0.6) is 11.5 Å². The number of hydrogen-bond donors (Lipinski definition) is 2. The lowest BCUT2D eigenvalue weighted by Gasteiger charge is -2.18. The van der Waals surface area contributed by atoms with E-state index >= 15 is 0 Å². The Morgan fingerprint density at radius 2 is 2.00 bits per heavy atom. The van der Waals surface area contributed by atoms with Crippen LogP contribution in [0, 0.1) is 0 Å². The lowest BCUT2D eigenvalue weighted by molar-refractivity contribution is 0.0944. The third kappa shape index (κ3) is 3.50. The van der Waals surface area contributed by atoms with Gasteiger partial charge in [0, 0.05) is 17.5 Å². The summed E-state index contributed by atoms with van der Waals surface area (Å²) in [6.45, 7) is 2.99. The van der Waals surface area contributed by atoms with Gasteiger partial charge in [-0.05, 0) is 48.9 Å². The number of halogens is 1. The van der Waals surface area contributed by atoms with Gasteiger partial charge in [-0.25, -0.2) is 0 Å². The molecule has 1 fully saturated rings. The maximum Gasteiger partial charge on any atom is 0.261 e. The molecule has 2 aliphatic heterocycles. The highest BCUT2D eigenvalue weighted by molar-refractivity contribution is 7.17. The summed E-state index contributed by atoms with van der Waals surface area (Å²) >= 11 is 1.50.